The zero-order valence-corrected chi connectivity index (χ0v) is 33.3. The Morgan fingerprint density at radius 3 is 1.85 bits per heavy atom. The van der Waals surface area contributed by atoms with Crippen LogP contribution in [0.1, 0.15) is 103 Å². The topological polar surface area (TPSA) is 32.3 Å². The highest BCUT2D eigenvalue weighted by molar-refractivity contribution is 6.98. The molecule has 2 aliphatic heterocycles. The predicted octanol–water partition coefficient (Wildman–Crippen LogP) is 10.5. The number of nitrogens with zero attached hydrogens (tertiary/aromatic N) is 4. The molecule has 6 aromatic rings. The number of rotatable bonds is 4. The third kappa shape index (κ3) is 5.26. The molecule has 0 amide bonds. The van der Waals surface area contributed by atoms with Crippen molar-refractivity contribution in [2.45, 2.75) is 96.8 Å². The highest BCUT2D eigenvalue weighted by Crippen LogP contribution is 2.49. The number of fused-ring (bicyclic) bond motifs is 5. The lowest BCUT2D eigenvalue weighted by Gasteiger charge is -2.45. The Kier molecular flexibility index (Phi) is 7.64. The summed E-state index contributed by atoms with van der Waals surface area (Å²) in [4.78, 5) is 16.1. The molecule has 54 heavy (non-hydrogen) atoms. The normalized spacial score (nSPS) is 17.2. The Bertz CT molecular complexity index is 2380. The van der Waals surface area contributed by atoms with Gasteiger partial charge in [-0.2, -0.15) is 4.98 Å². The van der Waals surface area contributed by atoms with E-state index in [2.05, 4.69) is 193 Å². The largest absolute Gasteiger partial charge is 0.296 e. The van der Waals surface area contributed by atoms with Gasteiger partial charge in [-0.25, -0.2) is 4.98 Å². The van der Waals surface area contributed by atoms with Gasteiger partial charge >= 0.3 is 0 Å². The number of hydrogen-bond acceptors (Lipinski definition) is 4. The summed E-state index contributed by atoms with van der Waals surface area (Å²) < 4.78 is 0. The number of hydrogen-bond donors (Lipinski definition) is 0. The van der Waals surface area contributed by atoms with E-state index in [0.717, 1.165) is 35.0 Å². The summed E-state index contributed by atoms with van der Waals surface area (Å²) >= 11 is 0. The van der Waals surface area contributed by atoms with Gasteiger partial charge in [0.05, 0.1) is 5.69 Å². The first-order valence-corrected chi connectivity index (χ1v) is 19.7. The Labute approximate surface area is 322 Å². The molecule has 0 fully saturated rings. The third-order valence-corrected chi connectivity index (χ3v) is 12.7. The summed E-state index contributed by atoms with van der Waals surface area (Å²) in [6.07, 6.45) is 2.34. The SMILES string of the molecule is CC(C)(C)c1ccc2c(c1)B1c3ccccc3N(c3ccc4c(c3)C(C)(C)CCC4(C)C)c3nc(N(c4ccccc4)c4ccccc4)nc(c31)C2(C)C. The summed E-state index contributed by atoms with van der Waals surface area (Å²) in [7, 11) is 0. The van der Waals surface area contributed by atoms with E-state index in [0.29, 0.717) is 5.95 Å². The zero-order chi connectivity index (χ0) is 37.8. The van der Waals surface area contributed by atoms with Crippen LogP contribution in [0.2, 0.25) is 0 Å². The number of aromatic nitrogens is 2. The fourth-order valence-electron chi connectivity index (χ4n) is 9.46. The number of anilines is 6. The van der Waals surface area contributed by atoms with Crippen LogP contribution in [0.3, 0.4) is 0 Å². The fourth-order valence-corrected chi connectivity index (χ4v) is 9.46. The van der Waals surface area contributed by atoms with E-state index in [1.165, 1.54) is 50.8 Å². The molecule has 0 N–H and O–H groups in total. The molecule has 0 radical (unpaired) electrons. The second kappa shape index (κ2) is 11.9. The van der Waals surface area contributed by atoms with Gasteiger partial charge < -0.3 is 0 Å². The van der Waals surface area contributed by atoms with Crippen LogP contribution in [0.25, 0.3) is 0 Å². The van der Waals surface area contributed by atoms with Crippen molar-refractivity contribution in [2.75, 3.05) is 9.80 Å². The van der Waals surface area contributed by atoms with Crippen LogP contribution in [0, 0.1) is 0 Å². The van der Waals surface area contributed by atoms with Crippen molar-refractivity contribution in [2.24, 2.45) is 0 Å². The van der Waals surface area contributed by atoms with Crippen molar-refractivity contribution in [3.8, 4) is 0 Å². The second-order valence-corrected chi connectivity index (χ2v) is 18.6. The van der Waals surface area contributed by atoms with E-state index in [-0.39, 0.29) is 28.4 Å². The molecule has 0 spiro atoms. The van der Waals surface area contributed by atoms with Gasteiger partial charge in [0, 0.05) is 28.2 Å². The van der Waals surface area contributed by atoms with Gasteiger partial charge in [-0.3, -0.25) is 9.80 Å². The van der Waals surface area contributed by atoms with Gasteiger partial charge in [-0.05, 0) is 105 Å². The maximum absolute atomic E-state index is 5.74. The Morgan fingerprint density at radius 2 is 1.20 bits per heavy atom. The van der Waals surface area contributed by atoms with Gasteiger partial charge in [0.1, 0.15) is 5.82 Å². The van der Waals surface area contributed by atoms with Crippen LogP contribution in [0.15, 0.2) is 121 Å². The van der Waals surface area contributed by atoms with Crippen LogP contribution in [0.5, 0.6) is 0 Å². The minimum absolute atomic E-state index is 0.00303. The molecular formula is C49H51BN4. The van der Waals surface area contributed by atoms with Gasteiger partial charge in [0.15, 0.2) is 0 Å². The average molecular weight is 707 g/mol. The van der Waals surface area contributed by atoms with Crippen LogP contribution < -0.4 is 26.2 Å². The molecule has 9 rings (SSSR count). The van der Waals surface area contributed by atoms with E-state index in [4.69, 9.17) is 9.97 Å². The molecule has 5 aromatic carbocycles. The van der Waals surface area contributed by atoms with Crippen molar-refractivity contribution in [1.82, 2.24) is 9.97 Å². The van der Waals surface area contributed by atoms with E-state index in [1.807, 2.05) is 0 Å². The van der Waals surface area contributed by atoms with Gasteiger partial charge in [0.2, 0.25) is 5.95 Å². The quantitative estimate of drug-likeness (QED) is 0.171. The summed E-state index contributed by atoms with van der Waals surface area (Å²) in [5, 5.41) is 0. The van der Waals surface area contributed by atoms with Crippen LogP contribution in [-0.4, -0.2) is 16.7 Å². The van der Waals surface area contributed by atoms with Crippen LogP contribution >= 0.6 is 0 Å². The van der Waals surface area contributed by atoms with Gasteiger partial charge in [-0.15, -0.1) is 0 Å². The number of para-hydroxylation sites is 3. The summed E-state index contributed by atoms with van der Waals surface area (Å²) in [5.74, 6) is 1.63. The molecule has 1 aromatic heterocycles. The fraction of sp³-hybridized carbons (Fsp3) is 0.306. The molecule has 3 aliphatic rings. The molecule has 0 saturated carbocycles. The molecular weight excluding hydrogens is 655 g/mol. The molecule has 0 atom stereocenters. The lowest BCUT2D eigenvalue weighted by atomic mass is 9.31. The average Bonchev–Trinajstić information content (AvgIpc) is 3.15. The van der Waals surface area contributed by atoms with Crippen molar-refractivity contribution in [3.63, 3.8) is 0 Å². The first-order valence-electron chi connectivity index (χ1n) is 19.7. The summed E-state index contributed by atoms with van der Waals surface area (Å²) in [6, 6.07) is 44.6. The molecule has 5 heteroatoms. The van der Waals surface area contributed by atoms with Crippen LogP contribution in [-0.2, 0) is 21.7 Å². The second-order valence-electron chi connectivity index (χ2n) is 18.6. The molecule has 4 nitrogen and oxygen atoms in total. The van der Waals surface area contributed by atoms with E-state index in [9.17, 15) is 0 Å². The van der Waals surface area contributed by atoms with E-state index >= 15 is 0 Å². The highest BCUT2D eigenvalue weighted by atomic mass is 15.3. The van der Waals surface area contributed by atoms with E-state index < -0.39 is 0 Å². The first kappa shape index (κ1) is 34.6. The van der Waals surface area contributed by atoms with Gasteiger partial charge in [0.25, 0.3) is 6.71 Å². The monoisotopic (exact) mass is 706 g/mol. The van der Waals surface area contributed by atoms with Crippen molar-refractivity contribution < 1.29 is 0 Å². The highest BCUT2D eigenvalue weighted by Gasteiger charge is 2.49. The molecule has 1 aliphatic carbocycles. The smallest absolute Gasteiger partial charge is 0.251 e. The summed E-state index contributed by atoms with van der Waals surface area (Å²) in [5.41, 5.74) is 14.7. The maximum atomic E-state index is 5.74. The Hall–Kier alpha value is -5.16. The predicted molar refractivity (Wildman–Crippen MR) is 229 cm³/mol. The first-order chi connectivity index (χ1) is 25.7. The van der Waals surface area contributed by atoms with Crippen LogP contribution in [0.4, 0.5) is 34.5 Å². The number of benzene rings is 5. The minimum atomic E-state index is -0.386. The lowest BCUT2D eigenvalue weighted by molar-refractivity contribution is 0.332. The standard InChI is InChI=1S/C49H51BN4/c1-46(2,3)32-24-26-37-40(30-32)50-39-22-16-17-23-41(39)54(35-25-27-36-38(31-35)48(6,7)29-28-47(36,4)5)44-42(50)43(49(37,8)9)51-45(52-44)53(33-18-12-10-13-19-33)34-20-14-11-15-21-34/h10-27,30-31H,28-29H2,1-9H3. The third-order valence-electron chi connectivity index (χ3n) is 12.7. The van der Waals surface area contributed by atoms with Crippen molar-refractivity contribution in [1.29, 1.82) is 0 Å². The maximum Gasteiger partial charge on any atom is 0.251 e. The molecule has 0 unspecified atom stereocenters. The van der Waals surface area contributed by atoms with Crippen molar-refractivity contribution >= 4 is 57.6 Å². The zero-order valence-electron chi connectivity index (χ0n) is 33.3. The molecule has 0 bridgehead atoms. The molecule has 0 saturated heterocycles. The molecule has 3 heterocycles. The molecule has 270 valence electrons. The van der Waals surface area contributed by atoms with Gasteiger partial charge in [-0.1, -0.05) is 147 Å². The van der Waals surface area contributed by atoms with Crippen molar-refractivity contribution in [3.05, 3.63) is 149 Å². The summed E-state index contributed by atoms with van der Waals surface area (Å²) in [6.45, 7) is 21.3. The minimum Gasteiger partial charge on any atom is -0.296 e. The Balaban J connectivity index is 1.38. The Morgan fingerprint density at radius 1 is 0.611 bits per heavy atom. The van der Waals surface area contributed by atoms with E-state index in [1.54, 1.807) is 0 Å². The lowest BCUT2D eigenvalue weighted by Crippen LogP contribution is -2.65.